The van der Waals surface area contributed by atoms with Crippen LogP contribution < -0.4 is 11.1 Å². The minimum atomic E-state index is -0.586. The summed E-state index contributed by atoms with van der Waals surface area (Å²) in [6.45, 7) is 5.88. The molecule has 0 saturated carbocycles. The molecule has 0 heterocycles. The number of hydrogen-bond donors (Lipinski definition) is 2. The van der Waals surface area contributed by atoms with E-state index in [0.717, 1.165) is 26.3 Å². The van der Waals surface area contributed by atoms with Crippen LogP contribution in [0, 0.1) is 0 Å². The van der Waals surface area contributed by atoms with E-state index in [0.29, 0.717) is 6.54 Å². The molecule has 66 valence electrons. The van der Waals surface area contributed by atoms with Gasteiger partial charge in [0.05, 0.1) is 0 Å². The molecule has 0 unspecified atom stereocenters. The fraction of sp³-hybridized carbons (Fsp3) is 1.00. The molecule has 0 bridgehead atoms. The van der Waals surface area contributed by atoms with Crippen molar-refractivity contribution in [3.05, 3.63) is 0 Å². The van der Waals surface area contributed by atoms with Crippen LogP contribution in [0.3, 0.4) is 0 Å². The molecule has 0 atom stereocenters. The molecule has 4 nitrogen and oxygen atoms in total. The Labute approximate surface area is 77.7 Å². The van der Waals surface area contributed by atoms with E-state index in [-0.39, 0.29) is 0 Å². The molecule has 0 saturated heterocycles. The molecule has 0 aromatic rings. The Bertz CT molecular complexity index is 67.6. The second kappa shape index (κ2) is 10.6. The molecule has 0 rings (SSSR count). The maximum atomic E-state index is 5.27. The van der Waals surface area contributed by atoms with E-state index in [2.05, 4.69) is 5.32 Å². The molecule has 0 radical (unpaired) electrons. The van der Waals surface area contributed by atoms with Gasteiger partial charge in [-0.25, -0.2) is 0 Å². The van der Waals surface area contributed by atoms with E-state index in [4.69, 9.17) is 12.4 Å². The summed E-state index contributed by atoms with van der Waals surface area (Å²) < 4.78 is 10.3. The quantitative estimate of drug-likeness (QED) is 0.406. The molecule has 0 aliphatic heterocycles. The van der Waals surface area contributed by atoms with Crippen LogP contribution in [0.2, 0.25) is 0 Å². The first-order valence-electron chi connectivity index (χ1n) is 3.81. The van der Waals surface area contributed by atoms with Crippen molar-refractivity contribution in [2.75, 3.05) is 32.8 Å². The summed E-state index contributed by atoms with van der Waals surface area (Å²) in [5, 5.41) is 3.13. The van der Waals surface area contributed by atoms with Gasteiger partial charge >= 0.3 is 77.4 Å². The van der Waals surface area contributed by atoms with Crippen molar-refractivity contribution in [3.63, 3.8) is 0 Å². The minimum absolute atomic E-state index is 0.586. The second-order valence-electron chi connectivity index (χ2n) is 1.90. The van der Waals surface area contributed by atoms with E-state index in [1.807, 2.05) is 6.92 Å². The van der Waals surface area contributed by atoms with Gasteiger partial charge in [-0.15, -0.1) is 0 Å². The van der Waals surface area contributed by atoms with Crippen molar-refractivity contribution in [1.82, 2.24) is 5.32 Å². The Morgan fingerprint density at radius 1 is 1.36 bits per heavy atom. The molecule has 0 spiro atoms. The van der Waals surface area contributed by atoms with Crippen molar-refractivity contribution in [2.45, 2.75) is 6.92 Å². The van der Waals surface area contributed by atoms with Crippen LogP contribution in [0.1, 0.15) is 6.92 Å². The molecular weight excluding hydrogens is 180 g/mol. The number of rotatable bonds is 8. The SMILES string of the molecule is CC[O][Ti][O]CCNCCN. The Morgan fingerprint density at radius 2 is 2.18 bits per heavy atom. The third kappa shape index (κ3) is 10.6. The molecule has 0 aliphatic carbocycles. The van der Waals surface area contributed by atoms with Gasteiger partial charge < -0.3 is 0 Å². The van der Waals surface area contributed by atoms with E-state index in [1.54, 1.807) is 0 Å². The molecule has 0 fully saturated rings. The van der Waals surface area contributed by atoms with Gasteiger partial charge in [0.25, 0.3) is 0 Å². The van der Waals surface area contributed by atoms with Crippen molar-refractivity contribution in [2.24, 2.45) is 5.73 Å². The topological polar surface area (TPSA) is 56.5 Å². The number of nitrogens with one attached hydrogen (secondary N) is 1. The van der Waals surface area contributed by atoms with Crippen LogP contribution in [0.4, 0.5) is 0 Å². The molecule has 0 amide bonds. The van der Waals surface area contributed by atoms with Crippen LogP contribution in [-0.4, -0.2) is 32.8 Å². The molecule has 0 aromatic heterocycles. The third-order valence-corrected chi connectivity index (χ3v) is 2.10. The van der Waals surface area contributed by atoms with Gasteiger partial charge in [0.1, 0.15) is 0 Å². The van der Waals surface area contributed by atoms with Crippen LogP contribution >= 0.6 is 0 Å². The second-order valence-corrected chi connectivity index (χ2v) is 3.07. The van der Waals surface area contributed by atoms with E-state index in [1.165, 1.54) is 0 Å². The van der Waals surface area contributed by atoms with Gasteiger partial charge in [0.15, 0.2) is 0 Å². The van der Waals surface area contributed by atoms with Gasteiger partial charge in [-0.1, -0.05) is 0 Å². The third-order valence-electron chi connectivity index (χ3n) is 0.964. The van der Waals surface area contributed by atoms with Gasteiger partial charge in [0, 0.05) is 0 Å². The fourth-order valence-corrected chi connectivity index (χ4v) is 1.10. The standard InChI is InChI=1S/C4H11N2O.C2H5O.Ti/c5-1-2-6-3-4-7;1-2-3;/h6H,1-5H2;2H2,1H3;/q2*-1;+2. The summed E-state index contributed by atoms with van der Waals surface area (Å²) in [6, 6.07) is 0. The molecule has 0 aromatic carbocycles. The first kappa shape index (κ1) is 11.6. The zero-order valence-electron chi connectivity index (χ0n) is 6.93. The molecule has 11 heavy (non-hydrogen) atoms. The van der Waals surface area contributed by atoms with Gasteiger partial charge in [0.2, 0.25) is 0 Å². The Hall–Kier alpha value is 0.554. The Balaban J connectivity index is 2.69. The van der Waals surface area contributed by atoms with Crippen LogP contribution in [0.15, 0.2) is 0 Å². The Morgan fingerprint density at radius 3 is 2.82 bits per heavy atom. The summed E-state index contributed by atoms with van der Waals surface area (Å²) in [6.07, 6.45) is 0. The van der Waals surface area contributed by atoms with Gasteiger partial charge in [-0.05, 0) is 0 Å². The van der Waals surface area contributed by atoms with Crippen LogP contribution in [0.25, 0.3) is 0 Å². The van der Waals surface area contributed by atoms with Crippen LogP contribution in [-0.2, 0) is 26.6 Å². The Kier molecular flexibility index (Phi) is 11.1. The molecule has 5 heteroatoms. The zero-order valence-corrected chi connectivity index (χ0v) is 8.49. The summed E-state index contributed by atoms with van der Waals surface area (Å²) in [5.41, 5.74) is 5.27. The van der Waals surface area contributed by atoms with Gasteiger partial charge in [-0.3, -0.25) is 0 Å². The maximum absolute atomic E-state index is 5.27. The summed E-state index contributed by atoms with van der Waals surface area (Å²) in [4.78, 5) is 0. The van der Waals surface area contributed by atoms with Crippen molar-refractivity contribution < 1.29 is 26.6 Å². The average molecular weight is 196 g/mol. The number of nitrogens with two attached hydrogens (primary N) is 1. The fourth-order valence-electron chi connectivity index (χ4n) is 0.493. The molecular formula is C6H16N2O2Ti. The predicted molar refractivity (Wildman–Crippen MR) is 39.5 cm³/mol. The molecule has 3 N–H and O–H groups in total. The number of hydrogen-bond acceptors (Lipinski definition) is 4. The van der Waals surface area contributed by atoms with E-state index >= 15 is 0 Å². The monoisotopic (exact) mass is 196 g/mol. The van der Waals surface area contributed by atoms with Crippen molar-refractivity contribution in [1.29, 1.82) is 0 Å². The van der Waals surface area contributed by atoms with Gasteiger partial charge in [-0.2, -0.15) is 0 Å². The predicted octanol–water partition coefficient (Wildman–Crippen LogP) is -0.500. The first-order chi connectivity index (χ1) is 5.41. The van der Waals surface area contributed by atoms with E-state index in [9.17, 15) is 0 Å². The summed E-state index contributed by atoms with van der Waals surface area (Å²) >= 11 is -0.586. The summed E-state index contributed by atoms with van der Waals surface area (Å²) in [7, 11) is 0. The zero-order chi connectivity index (χ0) is 8.36. The van der Waals surface area contributed by atoms with Crippen molar-refractivity contribution >= 4 is 0 Å². The summed E-state index contributed by atoms with van der Waals surface area (Å²) in [5.74, 6) is 0. The van der Waals surface area contributed by atoms with Crippen LogP contribution in [0.5, 0.6) is 0 Å². The molecule has 0 aliphatic rings. The average Bonchev–Trinajstić information content (AvgIpc) is 2.03. The van der Waals surface area contributed by atoms with Crippen molar-refractivity contribution in [3.8, 4) is 0 Å². The van der Waals surface area contributed by atoms with E-state index < -0.39 is 19.9 Å². The first-order valence-corrected chi connectivity index (χ1v) is 5.08. The normalized spacial score (nSPS) is 10.0.